The number of hydrogen-bond donors (Lipinski definition) is 2. The van der Waals surface area contributed by atoms with Crippen LogP contribution in [0.4, 0.5) is 4.79 Å². The van der Waals surface area contributed by atoms with Gasteiger partial charge in [-0.2, -0.15) is 0 Å². The average Bonchev–Trinajstić information content (AvgIpc) is 2.84. The number of fused-ring (bicyclic) bond motifs is 1. The minimum absolute atomic E-state index is 0.338. The number of thiophene rings is 1. The molecule has 0 radical (unpaired) electrons. The van der Waals surface area contributed by atoms with Gasteiger partial charge in [-0.1, -0.05) is 6.92 Å². The molecule has 1 unspecified atom stereocenters. The first-order chi connectivity index (χ1) is 10.3. The molecule has 2 rings (SSSR count). The zero-order chi connectivity index (χ0) is 16.2. The first-order valence-electron chi connectivity index (χ1n) is 7.79. The molecule has 0 bridgehead atoms. The Bertz CT molecular complexity index is 497. The summed E-state index contributed by atoms with van der Waals surface area (Å²) in [5.41, 5.74) is 1.00. The van der Waals surface area contributed by atoms with Gasteiger partial charge >= 0.3 is 6.09 Å². The zero-order valence-electron chi connectivity index (χ0n) is 13.8. The Morgan fingerprint density at radius 1 is 1.41 bits per heavy atom. The van der Waals surface area contributed by atoms with Crippen LogP contribution in [0.15, 0.2) is 15.7 Å². The second-order valence-corrected chi connectivity index (χ2v) is 9.24. The van der Waals surface area contributed by atoms with E-state index >= 15 is 0 Å². The maximum absolute atomic E-state index is 11.5. The lowest BCUT2D eigenvalue weighted by molar-refractivity contribution is 0.0527. The van der Waals surface area contributed by atoms with Gasteiger partial charge < -0.3 is 15.4 Å². The van der Waals surface area contributed by atoms with Gasteiger partial charge in [-0.3, -0.25) is 0 Å². The Morgan fingerprint density at radius 3 is 2.91 bits per heavy atom. The summed E-state index contributed by atoms with van der Waals surface area (Å²) in [5, 5.41) is 9.25. The number of amides is 1. The lowest BCUT2D eigenvalue weighted by atomic mass is 10.0. The van der Waals surface area contributed by atoms with Crippen LogP contribution in [0.2, 0.25) is 0 Å². The summed E-state index contributed by atoms with van der Waals surface area (Å²) in [4.78, 5) is 11.5. The summed E-state index contributed by atoms with van der Waals surface area (Å²) in [7, 11) is 0. The first kappa shape index (κ1) is 17.6. The van der Waals surface area contributed by atoms with Crippen LogP contribution in [-0.4, -0.2) is 30.0 Å². The minimum atomic E-state index is -0.437. The topological polar surface area (TPSA) is 50.4 Å². The van der Waals surface area contributed by atoms with Crippen molar-refractivity contribution in [3.63, 3.8) is 0 Å². The SMILES string of the molecule is C[C@H]1CC(NCCCNC(=O)OC(C)(C)C)c2ccsc2S1. The fourth-order valence-corrected chi connectivity index (χ4v) is 4.98. The quantitative estimate of drug-likeness (QED) is 0.788. The highest BCUT2D eigenvalue weighted by Gasteiger charge is 2.25. The van der Waals surface area contributed by atoms with E-state index < -0.39 is 5.60 Å². The molecule has 0 fully saturated rings. The van der Waals surface area contributed by atoms with Crippen LogP contribution < -0.4 is 10.6 Å². The summed E-state index contributed by atoms with van der Waals surface area (Å²) < 4.78 is 6.66. The second-order valence-electron chi connectivity index (χ2n) is 6.62. The molecule has 4 nitrogen and oxygen atoms in total. The number of ether oxygens (including phenoxy) is 1. The Kier molecular flexibility index (Phi) is 6.17. The maximum atomic E-state index is 11.5. The van der Waals surface area contributed by atoms with Crippen LogP contribution in [0.25, 0.3) is 0 Å². The molecule has 1 aromatic heterocycles. The van der Waals surface area contributed by atoms with Crippen molar-refractivity contribution in [2.75, 3.05) is 13.1 Å². The van der Waals surface area contributed by atoms with Crippen molar-refractivity contribution in [1.82, 2.24) is 10.6 Å². The Labute approximate surface area is 141 Å². The fourth-order valence-electron chi connectivity index (χ4n) is 2.41. The second kappa shape index (κ2) is 7.70. The highest BCUT2D eigenvalue weighted by molar-refractivity contribution is 8.01. The highest BCUT2D eigenvalue weighted by Crippen LogP contribution is 2.43. The summed E-state index contributed by atoms with van der Waals surface area (Å²) >= 11 is 3.82. The number of rotatable bonds is 5. The van der Waals surface area contributed by atoms with Crippen LogP contribution in [0.3, 0.4) is 0 Å². The molecule has 6 heteroatoms. The molecule has 2 heterocycles. The highest BCUT2D eigenvalue weighted by atomic mass is 32.2. The molecule has 0 saturated carbocycles. The molecule has 1 aliphatic rings. The lowest BCUT2D eigenvalue weighted by Crippen LogP contribution is -2.34. The van der Waals surface area contributed by atoms with Gasteiger partial charge in [-0.05, 0) is 57.2 Å². The van der Waals surface area contributed by atoms with Crippen LogP contribution in [0.1, 0.15) is 52.1 Å². The predicted molar refractivity (Wildman–Crippen MR) is 93.9 cm³/mol. The standard InChI is InChI=1S/C16H26N2O2S2/c1-11-10-13(12-6-9-21-14(12)22-11)17-7-5-8-18-15(19)20-16(2,3)4/h6,9,11,13,17H,5,7-8,10H2,1-4H3,(H,18,19)/t11-,13?/m0/s1. The maximum Gasteiger partial charge on any atom is 0.407 e. The lowest BCUT2D eigenvalue weighted by Gasteiger charge is -2.27. The van der Waals surface area contributed by atoms with E-state index in [0.717, 1.165) is 19.4 Å². The molecular weight excluding hydrogens is 316 g/mol. The first-order valence-corrected chi connectivity index (χ1v) is 9.55. The van der Waals surface area contributed by atoms with E-state index in [0.29, 0.717) is 17.8 Å². The predicted octanol–water partition coefficient (Wildman–Crippen LogP) is 4.18. The van der Waals surface area contributed by atoms with E-state index in [2.05, 4.69) is 29.0 Å². The molecule has 1 aromatic rings. The van der Waals surface area contributed by atoms with Crippen molar-refractivity contribution in [2.45, 2.75) is 61.6 Å². The molecule has 2 N–H and O–H groups in total. The van der Waals surface area contributed by atoms with Crippen molar-refractivity contribution in [2.24, 2.45) is 0 Å². The third-order valence-corrected chi connectivity index (χ3v) is 5.67. The van der Waals surface area contributed by atoms with Crippen LogP contribution in [-0.2, 0) is 4.74 Å². The largest absolute Gasteiger partial charge is 0.444 e. The van der Waals surface area contributed by atoms with Crippen molar-refractivity contribution < 1.29 is 9.53 Å². The summed E-state index contributed by atoms with van der Waals surface area (Å²) in [5.74, 6) is 0. The van der Waals surface area contributed by atoms with E-state index in [4.69, 9.17) is 4.74 Å². The van der Waals surface area contributed by atoms with Crippen molar-refractivity contribution in [3.05, 3.63) is 17.0 Å². The van der Waals surface area contributed by atoms with Crippen LogP contribution in [0.5, 0.6) is 0 Å². The van der Waals surface area contributed by atoms with Gasteiger partial charge in [0.2, 0.25) is 0 Å². The molecule has 2 atom stereocenters. The monoisotopic (exact) mass is 342 g/mol. The van der Waals surface area contributed by atoms with Crippen LogP contribution >= 0.6 is 23.1 Å². The average molecular weight is 343 g/mol. The summed E-state index contributed by atoms with van der Waals surface area (Å²) in [6.07, 6.45) is 1.72. The minimum Gasteiger partial charge on any atom is -0.444 e. The normalized spacial score (nSPS) is 21.3. The number of carbonyl (C=O) groups excluding carboxylic acids is 1. The molecule has 22 heavy (non-hydrogen) atoms. The molecule has 0 aliphatic carbocycles. The third-order valence-electron chi connectivity index (χ3n) is 3.32. The van der Waals surface area contributed by atoms with Gasteiger partial charge in [0.1, 0.15) is 5.60 Å². The van der Waals surface area contributed by atoms with Gasteiger partial charge in [0, 0.05) is 17.8 Å². The van der Waals surface area contributed by atoms with E-state index in [1.807, 2.05) is 43.9 Å². The Balaban J connectivity index is 1.67. The molecule has 1 aliphatic heterocycles. The molecule has 1 amide bonds. The number of thioether (sulfide) groups is 1. The number of hydrogen-bond acceptors (Lipinski definition) is 5. The summed E-state index contributed by atoms with van der Waals surface area (Å²) in [6.45, 7) is 9.42. The number of carbonyl (C=O) groups is 1. The van der Waals surface area contributed by atoms with Gasteiger partial charge in [-0.25, -0.2) is 4.79 Å². The van der Waals surface area contributed by atoms with Gasteiger partial charge in [0.05, 0.1) is 4.21 Å². The van der Waals surface area contributed by atoms with E-state index in [-0.39, 0.29) is 6.09 Å². The Hall–Kier alpha value is -0.720. The van der Waals surface area contributed by atoms with Gasteiger partial charge in [0.15, 0.2) is 0 Å². The van der Waals surface area contributed by atoms with Crippen molar-refractivity contribution in [3.8, 4) is 0 Å². The Morgan fingerprint density at radius 2 is 2.18 bits per heavy atom. The number of nitrogens with one attached hydrogen (secondary N) is 2. The molecule has 0 spiro atoms. The van der Waals surface area contributed by atoms with E-state index in [9.17, 15) is 4.79 Å². The molecule has 124 valence electrons. The number of alkyl carbamates (subject to hydrolysis) is 1. The summed E-state index contributed by atoms with van der Waals surface area (Å²) in [6, 6.07) is 2.68. The van der Waals surface area contributed by atoms with Gasteiger partial charge in [-0.15, -0.1) is 23.1 Å². The van der Waals surface area contributed by atoms with E-state index in [1.54, 1.807) is 0 Å². The molecular formula is C16H26N2O2S2. The molecule has 0 saturated heterocycles. The van der Waals surface area contributed by atoms with Gasteiger partial charge in [0.25, 0.3) is 0 Å². The third kappa shape index (κ3) is 5.48. The molecule has 0 aromatic carbocycles. The zero-order valence-corrected chi connectivity index (χ0v) is 15.4. The van der Waals surface area contributed by atoms with Crippen molar-refractivity contribution >= 4 is 29.2 Å². The smallest absolute Gasteiger partial charge is 0.407 e. The van der Waals surface area contributed by atoms with E-state index in [1.165, 1.54) is 9.77 Å². The van der Waals surface area contributed by atoms with Crippen LogP contribution in [0, 0.1) is 0 Å². The van der Waals surface area contributed by atoms with Crippen molar-refractivity contribution in [1.29, 1.82) is 0 Å². The fraction of sp³-hybridized carbons (Fsp3) is 0.688.